The molecule has 4 heteroatoms. The molecule has 2 heterocycles. The molecule has 3 aliphatic rings. The highest BCUT2D eigenvalue weighted by atomic mass is 16.2. The predicted octanol–water partition coefficient (Wildman–Crippen LogP) is 0.729. The minimum absolute atomic E-state index is 0.0134. The first-order valence-corrected chi connectivity index (χ1v) is 7.61. The van der Waals surface area contributed by atoms with Crippen molar-refractivity contribution in [3.8, 4) is 0 Å². The molecule has 2 N–H and O–H groups in total. The number of amides is 1. The second kappa shape index (κ2) is 5.57. The molecule has 1 saturated carbocycles. The van der Waals surface area contributed by atoms with Crippen molar-refractivity contribution in [3.05, 3.63) is 0 Å². The number of nitrogens with one attached hydrogen (secondary N) is 2. The van der Waals surface area contributed by atoms with Gasteiger partial charge in [-0.25, -0.2) is 0 Å². The van der Waals surface area contributed by atoms with Crippen LogP contribution >= 0.6 is 0 Å². The molecule has 1 aliphatic carbocycles. The van der Waals surface area contributed by atoms with Gasteiger partial charge in [-0.05, 0) is 31.6 Å². The monoisotopic (exact) mass is 251 g/mol. The summed E-state index contributed by atoms with van der Waals surface area (Å²) < 4.78 is 0. The minimum Gasteiger partial charge on any atom is -0.338 e. The van der Waals surface area contributed by atoms with Gasteiger partial charge in [0.15, 0.2) is 0 Å². The predicted molar refractivity (Wildman–Crippen MR) is 71.4 cm³/mol. The van der Waals surface area contributed by atoms with Crippen LogP contribution in [0.15, 0.2) is 0 Å². The van der Waals surface area contributed by atoms with E-state index >= 15 is 0 Å². The van der Waals surface area contributed by atoms with Crippen molar-refractivity contribution < 1.29 is 4.79 Å². The standard InChI is InChI=1S/C14H25N3O/c18-14(12-10-15-7-8-16-12)17-9-3-5-11-4-1-2-6-13(11)17/h11-13,15-16H,1-10H2. The molecule has 4 nitrogen and oxygen atoms in total. The third-order valence-corrected chi connectivity index (χ3v) is 4.87. The van der Waals surface area contributed by atoms with Gasteiger partial charge in [0.2, 0.25) is 5.91 Å². The zero-order valence-electron chi connectivity index (χ0n) is 11.2. The van der Waals surface area contributed by atoms with Crippen LogP contribution in [-0.2, 0) is 4.79 Å². The van der Waals surface area contributed by atoms with Crippen LogP contribution in [0, 0.1) is 5.92 Å². The normalized spacial score (nSPS) is 37.1. The van der Waals surface area contributed by atoms with E-state index in [0.717, 1.165) is 32.1 Å². The van der Waals surface area contributed by atoms with Crippen molar-refractivity contribution in [1.29, 1.82) is 0 Å². The summed E-state index contributed by atoms with van der Waals surface area (Å²) in [5.41, 5.74) is 0. The summed E-state index contributed by atoms with van der Waals surface area (Å²) in [5, 5.41) is 6.67. The van der Waals surface area contributed by atoms with E-state index in [9.17, 15) is 4.79 Å². The Balaban J connectivity index is 1.67. The summed E-state index contributed by atoms with van der Waals surface area (Å²) in [4.78, 5) is 14.8. The highest BCUT2D eigenvalue weighted by Crippen LogP contribution is 2.35. The number of carbonyl (C=O) groups excluding carboxylic acids is 1. The second-order valence-corrected chi connectivity index (χ2v) is 6.00. The van der Waals surface area contributed by atoms with Gasteiger partial charge < -0.3 is 15.5 Å². The quantitative estimate of drug-likeness (QED) is 0.722. The summed E-state index contributed by atoms with van der Waals surface area (Å²) in [5.74, 6) is 1.13. The molecule has 3 fully saturated rings. The second-order valence-electron chi connectivity index (χ2n) is 6.00. The van der Waals surface area contributed by atoms with Gasteiger partial charge in [-0.3, -0.25) is 4.79 Å². The molecule has 2 aliphatic heterocycles. The summed E-state index contributed by atoms with van der Waals surface area (Å²) in [6, 6.07) is 0.558. The number of rotatable bonds is 1. The van der Waals surface area contributed by atoms with Gasteiger partial charge in [-0.1, -0.05) is 12.8 Å². The average molecular weight is 251 g/mol. The Bertz CT molecular complexity index is 299. The third-order valence-electron chi connectivity index (χ3n) is 4.87. The number of carbonyl (C=O) groups is 1. The molecule has 0 radical (unpaired) electrons. The number of piperidine rings is 1. The Kier molecular flexibility index (Phi) is 3.85. The van der Waals surface area contributed by atoms with Crippen molar-refractivity contribution in [3.63, 3.8) is 0 Å². The molecule has 18 heavy (non-hydrogen) atoms. The van der Waals surface area contributed by atoms with E-state index in [-0.39, 0.29) is 6.04 Å². The van der Waals surface area contributed by atoms with E-state index in [0.29, 0.717) is 11.9 Å². The molecule has 1 amide bonds. The van der Waals surface area contributed by atoms with E-state index in [4.69, 9.17) is 0 Å². The Morgan fingerprint density at radius 3 is 2.72 bits per heavy atom. The summed E-state index contributed by atoms with van der Waals surface area (Å²) >= 11 is 0. The third kappa shape index (κ3) is 2.41. The minimum atomic E-state index is 0.0134. The van der Waals surface area contributed by atoms with Crippen LogP contribution in [0.2, 0.25) is 0 Å². The fourth-order valence-electron chi connectivity index (χ4n) is 3.93. The number of piperazine rings is 1. The summed E-state index contributed by atoms with van der Waals surface area (Å²) in [6.07, 6.45) is 7.78. The fourth-order valence-corrected chi connectivity index (χ4v) is 3.93. The van der Waals surface area contributed by atoms with Crippen molar-refractivity contribution in [2.75, 3.05) is 26.2 Å². The largest absolute Gasteiger partial charge is 0.338 e. The van der Waals surface area contributed by atoms with Crippen LogP contribution in [0.25, 0.3) is 0 Å². The zero-order valence-corrected chi connectivity index (χ0v) is 11.2. The van der Waals surface area contributed by atoms with Crippen molar-refractivity contribution >= 4 is 5.91 Å². The van der Waals surface area contributed by atoms with Crippen LogP contribution in [0.4, 0.5) is 0 Å². The molecular weight excluding hydrogens is 226 g/mol. The fraction of sp³-hybridized carbons (Fsp3) is 0.929. The lowest BCUT2D eigenvalue weighted by molar-refractivity contribution is -0.140. The summed E-state index contributed by atoms with van der Waals surface area (Å²) in [6.45, 7) is 3.68. The van der Waals surface area contributed by atoms with Gasteiger partial charge in [-0.2, -0.15) is 0 Å². The Labute approximate surface area is 109 Å². The molecule has 3 atom stereocenters. The highest BCUT2D eigenvalue weighted by Gasteiger charge is 2.38. The lowest BCUT2D eigenvalue weighted by atomic mass is 9.78. The maximum absolute atomic E-state index is 12.6. The van der Waals surface area contributed by atoms with E-state index in [2.05, 4.69) is 15.5 Å². The first kappa shape index (κ1) is 12.4. The highest BCUT2D eigenvalue weighted by molar-refractivity contribution is 5.82. The Morgan fingerprint density at radius 2 is 1.89 bits per heavy atom. The molecule has 0 aromatic heterocycles. The number of fused-ring (bicyclic) bond motifs is 1. The number of nitrogens with zero attached hydrogens (tertiary/aromatic N) is 1. The average Bonchev–Trinajstić information content (AvgIpc) is 2.47. The first-order chi connectivity index (χ1) is 8.86. The first-order valence-electron chi connectivity index (χ1n) is 7.61. The lowest BCUT2D eigenvalue weighted by Gasteiger charge is -2.45. The van der Waals surface area contributed by atoms with Gasteiger partial charge in [0.25, 0.3) is 0 Å². The topological polar surface area (TPSA) is 44.4 Å². The van der Waals surface area contributed by atoms with Gasteiger partial charge >= 0.3 is 0 Å². The molecule has 102 valence electrons. The van der Waals surface area contributed by atoms with Crippen molar-refractivity contribution in [1.82, 2.24) is 15.5 Å². The van der Waals surface area contributed by atoms with Crippen molar-refractivity contribution in [2.45, 2.75) is 50.6 Å². The summed E-state index contributed by atoms with van der Waals surface area (Å²) in [7, 11) is 0. The maximum Gasteiger partial charge on any atom is 0.241 e. The number of hydrogen-bond donors (Lipinski definition) is 2. The molecule has 0 aromatic carbocycles. The van der Waals surface area contributed by atoms with Crippen LogP contribution in [-0.4, -0.2) is 49.1 Å². The van der Waals surface area contributed by atoms with Crippen LogP contribution in [0.3, 0.4) is 0 Å². The van der Waals surface area contributed by atoms with Crippen molar-refractivity contribution in [2.24, 2.45) is 5.92 Å². The van der Waals surface area contributed by atoms with Crippen LogP contribution < -0.4 is 10.6 Å². The van der Waals surface area contributed by atoms with Gasteiger partial charge in [-0.15, -0.1) is 0 Å². The Hall–Kier alpha value is -0.610. The van der Waals surface area contributed by atoms with Crippen LogP contribution in [0.5, 0.6) is 0 Å². The SMILES string of the molecule is O=C(C1CNCCN1)N1CCCC2CCCCC21. The van der Waals surface area contributed by atoms with Crippen LogP contribution in [0.1, 0.15) is 38.5 Å². The zero-order chi connectivity index (χ0) is 12.4. The molecule has 2 saturated heterocycles. The number of likely N-dealkylation sites (tertiary alicyclic amines) is 1. The van der Waals surface area contributed by atoms with Gasteiger partial charge in [0.1, 0.15) is 0 Å². The maximum atomic E-state index is 12.6. The smallest absolute Gasteiger partial charge is 0.241 e. The molecule has 3 unspecified atom stereocenters. The Morgan fingerprint density at radius 1 is 1.06 bits per heavy atom. The van der Waals surface area contributed by atoms with E-state index in [1.165, 1.54) is 38.5 Å². The van der Waals surface area contributed by atoms with E-state index < -0.39 is 0 Å². The lowest BCUT2D eigenvalue weighted by Crippen LogP contribution is -2.60. The number of hydrogen-bond acceptors (Lipinski definition) is 3. The van der Waals surface area contributed by atoms with Gasteiger partial charge in [0, 0.05) is 32.2 Å². The van der Waals surface area contributed by atoms with E-state index in [1.54, 1.807) is 0 Å². The molecule has 0 bridgehead atoms. The van der Waals surface area contributed by atoms with Gasteiger partial charge in [0.05, 0.1) is 6.04 Å². The molecule has 3 rings (SSSR count). The van der Waals surface area contributed by atoms with E-state index in [1.807, 2.05) is 0 Å². The molecular formula is C14H25N3O. The molecule has 0 aromatic rings. The molecule has 0 spiro atoms.